The Labute approximate surface area is 205 Å². The molecule has 1 aromatic rings. The summed E-state index contributed by atoms with van der Waals surface area (Å²) in [5, 5.41) is 10.4. The van der Waals surface area contributed by atoms with Crippen molar-refractivity contribution in [2.75, 3.05) is 0 Å². The van der Waals surface area contributed by atoms with Gasteiger partial charge in [-0.15, -0.1) is 0 Å². The number of carboxylic acids is 1. The highest BCUT2D eigenvalue weighted by molar-refractivity contribution is 9.10. The summed E-state index contributed by atoms with van der Waals surface area (Å²) in [5.74, 6) is -0.760. The van der Waals surface area contributed by atoms with Gasteiger partial charge in [0.05, 0.1) is 21.2 Å². The van der Waals surface area contributed by atoms with E-state index in [0.717, 1.165) is 68.7 Å². The molecule has 33 heavy (non-hydrogen) atoms. The number of esters is 1. The number of amides is 2. The van der Waals surface area contributed by atoms with Crippen molar-refractivity contribution >= 4 is 56.9 Å². The lowest BCUT2D eigenvalue weighted by Crippen LogP contribution is -2.22. The standard InChI is InChI=1S/C17H16BrNO4S.C7H12O2/c18-12-8-10(9-14-15(20)19-17(22)24-14)6-7-13(12)23-16(21)11-4-2-1-3-5-11;8-7(9)6-4-2-1-3-5-6/h6-9,11H,1-5H2,(H,19,20,22);6H,1-5H2,(H,8,9)/b14-9-;. The Morgan fingerprint density at radius 2 is 1.61 bits per heavy atom. The Balaban J connectivity index is 0.000000286. The molecule has 0 aromatic heterocycles. The Kier molecular flexibility index (Phi) is 9.55. The largest absolute Gasteiger partial charge is 0.481 e. The molecule has 0 atom stereocenters. The number of carbonyl (C=O) groups excluding carboxylic acids is 3. The summed E-state index contributed by atoms with van der Waals surface area (Å²) in [6, 6.07) is 5.20. The normalized spacial score (nSPS) is 20.7. The van der Waals surface area contributed by atoms with Gasteiger partial charge in [0.1, 0.15) is 5.75 Å². The Morgan fingerprint density at radius 3 is 2.09 bits per heavy atom. The molecule has 2 N–H and O–H groups in total. The van der Waals surface area contributed by atoms with Crippen LogP contribution in [0.1, 0.15) is 69.8 Å². The van der Waals surface area contributed by atoms with Crippen LogP contribution in [0.5, 0.6) is 5.75 Å². The summed E-state index contributed by atoms with van der Waals surface area (Å²) in [6.45, 7) is 0. The SMILES string of the molecule is O=C(O)C1CCCCC1.O=C1NC(=O)/C(=C/c2ccc(OC(=O)C3CCCCC3)c(Br)c2)S1. The van der Waals surface area contributed by atoms with Crippen LogP contribution in [-0.2, 0) is 14.4 Å². The van der Waals surface area contributed by atoms with Gasteiger partial charge in [0.25, 0.3) is 11.1 Å². The molecule has 2 aliphatic carbocycles. The van der Waals surface area contributed by atoms with Crippen molar-refractivity contribution in [3.05, 3.63) is 33.1 Å². The topological polar surface area (TPSA) is 110 Å². The number of ether oxygens (including phenoxy) is 1. The fourth-order valence-electron chi connectivity index (χ4n) is 4.14. The highest BCUT2D eigenvalue weighted by Crippen LogP contribution is 2.32. The molecule has 0 unspecified atom stereocenters. The first-order valence-corrected chi connectivity index (χ1v) is 12.9. The van der Waals surface area contributed by atoms with E-state index in [1.807, 2.05) is 0 Å². The van der Waals surface area contributed by atoms with Crippen LogP contribution in [-0.4, -0.2) is 28.2 Å². The minimum Gasteiger partial charge on any atom is -0.481 e. The predicted octanol–water partition coefficient (Wildman–Crippen LogP) is 5.91. The number of thioether (sulfide) groups is 1. The van der Waals surface area contributed by atoms with Gasteiger partial charge in [0, 0.05) is 0 Å². The molecule has 2 saturated carbocycles. The van der Waals surface area contributed by atoms with Gasteiger partial charge in [0.15, 0.2) is 0 Å². The average Bonchev–Trinajstić information content (AvgIpc) is 3.13. The summed E-state index contributed by atoms with van der Waals surface area (Å²) in [4.78, 5) is 45.6. The summed E-state index contributed by atoms with van der Waals surface area (Å²) in [6.07, 6.45) is 12.0. The molecule has 1 aromatic carbocycles. The number of carboxylic acid groups (broad SMARTS) is 1. The van der Waals surface area contributed by atoms with E-state index in [4.69, 9.17) is 9.84 Å². The van der Waals surface area contributed by atoms with Crippen LogP contribution in [0.4, 0.5) is 4.79 Å². The second kappa shape index (κ2) is 12.4. The molecule has 2 amide bonds. The smallest absolute Gasteiger partial charge is 0.314 e. The summed E-state index contributed by atoms with van der Waals surface area (Å²) in [7, 11) is 0. The molecule has 0 bridgehead atoms. The average molecular weight is 538 g/mol. The molecule has 3 aliphatic rings. The van der Waals surface area contributed by atoms with Gasteiger partial charge in [-0.25, -0.2) is 0 Å². The van der Waals surface area contributed by atoms with Crippen LogP contribution in [0, 0.1) is 11.8 Å². The maximum Gasteiger partial charge on any atom is 0.314 e. The summed E-state index contributed by atoms with van der Waals surface area (Å²) >= 11 is 4.26. The van der Waals surface area contributed by atoms with Crippen LogP contribution < -0.4 is 10.1 Å². The number of halogens is 1. The van der Waals surface area contributed by atoms with Crippen molar-refractivity contribution in [1.82, 2.24) is 5.32 Å². The lowest BCUT2D eigenvalue weighted by atomic mass is 9.89. The molecular weight excluding hydrogens is 510 g/mol. The zero-order valence-corrected chi connectivity index (χ0v) is 20.7. The molecule has 1 heterocycles. The Morgan fingerprint density at radius 1 is 1.00 bits per heavy atom. The Bertz CT molecular complexity index is 935. The zero-order chi connectivity index (χ0) is 23.8. The zero-order valence-electron chi connectivity index (χ0n) is 18.3. The van der Waals surface area contributed by atoms with Gasteiger partial charge in [-0.3, -0.25) is 24.5 Å². The van der Waals surface area contributed by atoms with Crippen molar-refractivity contribution in [2.24, 2.45) is 11.8 Å². The first-order valence-electron chi connectivity index (χ1n) is 11.3. The van der Waals surface area contributed by atoms with Crippen molar-refractivity contribution in [3.63, 3.8) is 0 Å². The van der Waals surface area contributed by atoms with E-state index in [9.17, 15) is 19.2 Å². The highest BCUT2D eigenvalue weighted by atomic mass is 79.9. The van der Waals surface area contributed by atoms with Crippen LogP contribution in [0.2, 0.25) is 0 Å². The second-order valence-electron chi connectivity index (χ2n) is 8.47. The van der Waals surface area contributed by atoms with Gasteiger partial charge in [0.2, 0.25) is 0 Å². The maximum atomic E-state index is 12.2. The first kappa shape index (κ1) is 25.5. The number of imide groups is 1. The second-order valence-corrected chi connectivity index (χ2v) is 10.3. The van der Waals surface area contributed by atoms with E-state index in [2.05, 4.69) is 21.2 Å². The van der Waals surface area contributed by atoms with Crippen molar-refractivity contribution < 1.29 is 29.0 Å². The fourth-order valence-corrected chi connectivity index (χ4v) is 5.30. The first-order chi connectivity index (χ1) is 15.8. The molecule has 0 spiro atoms. The van der Waals surface area contributed by atoms with Crippen molar-refractivity contribution in [3.8, 4) is 5.75 Å². The van der Waals surface area contributed by atoms with Gasteiger partial charge < -0.3 is 9.84 Å². The van der Waals surface area contributed by atoms with Crippen LogP contribution in [0.25, 0.3) is 6.08 Å². The number of rotatable bonds is 4. The van der Waals surface area contributed by atoms with Crippen molar-refractivity contribution in [2.45, 2.75) is 64.2 Å². The third kappa shape index (κ3) is 7.71. The number of aliphatic carboxylic acids is 1. The molecule has 1 aliphatic heterocycles. The van der Waals surface area contributed by atoms with E-state index in [1.165, 1.54) is 12.8 Å². The van der Waals surface area contributed by atoms with E-state index >= 15 is 0 Å². The lowest BCUT2D eigenvalue weighted by Gasteiger charge is -2.20. The van der Waals surface area contributed by atoms with Gasteiger partial charge in [-0.1, -0.05) is 44.6 Å². The lowest BCUT2D eigenvalue weighted by molar-refractivity contribution is -0.143. The number of hydrogen-bond donors (Lipinski definition) is 2. The van der Waals surface area contributed by atoms with E-state index in [0.29, 0.717) is 15.1 Å². The van der Waals surface area contributed by atoms with E-state index < -0.39 is 11.9 Å². The van der Waals surface area contributed by atoms with Crippen LogP contribution in [0.15, 0.2) is 27.6 Å². The minimum atomic E-state index is -0.602. The Hall–Kier alpha value is -2.13. The van der Waals surface area contributed by atoms with Crippen molar-refractivity contribution in [1.29, 1.82) is 0 Å². The summed E-state index contributed by atoms with van der Waals surface area (Å²) < 4.78 is 6.14. The quantitative estimate of drug-likeness (QED) is 0.279. The van der Waals surface area contributed by atoms with Crippen LogP contribution in [0.3, 0.4) is 0 Å². The fraction of sp³-hybridized carbons (Fsp3) is 0.500. The van der Waals surface area contributed by atoms with Crippen LogP contribution >= 0.6 is 27.7 Å². The summed E-state index contributed by atoms with van der Waals surface area (Å²) in [5.41, 5.74) is 0.742. The number of benzene rings is 1. The third-order valence-electron chi connectivity index (χ3n) is 6.00. The highest BCUT2D eigenvalue weighted by Gasteiger charge is 2.26. The maximum absolute atomic E-state index is 12.2. The number of hydrogen-bond acceptors (Lipinski definition) is 6. The third-order valence-corrected chi connectivity index (χ3v) is 7.43. The van der Waals surface area contributed by atoms with Gasteiger partial charge in [-0.2, -0.15) is 0 Å². The molecule has 9 heteroatoms. The molecular formula is C24H28BrNO6S. The van der Waals surface area contributed by atoms with Gasteiger partial charge >= 0.3 is 11.9 Å². The number of nitrogens with one attached hydrogen (secondary N) is 1. The van der Waals surface area contributed by atoms with Gasteiger partial charge in [-0.05, 0) is 77.1 Å². The van der Waals surface area contributed by atoms with E-state index in [-0.39, 0.29) is 23.0 Å². The monoisotopic (exact) mass is 537 g/mol. The molecule has 3 fully saturated rings. The minimum absolute atomic E-state index is 0.0166. The predicted molar refractivity (Wildman–Crippen MR) is 130 cm³/mol. The van der Waals surface area contributed by atoms with E-state index in [1.54, 1.807) is 24.3 Å². The molecule has 1 saturated heterocycles. The molecule has 178 valence electrons. The molecule has 4 rings (SSSR count). The molecule has 7 nitrogen and oxygen atoms in total. The molecule has 0 radical (unpaired) electrons. The number of carbonyl (C=O) groups is 4.